The Hall–Kier alpha value is -3.39. The molecule has 0 spiro atoms. The molecular formula is C28H28ClN5OS. The lowest BCUT2D eigenvalue weighted by Gasteiger charge is -2.19. The van der Waals surface area contributed by atoms with Gasteiger partial charge in [-0.05, 0) is 55.9 Å². The monoisotopic (exact) mass is 517 g/mol. The Balaban J connectivity index is 1.24. The topological polar surface area (TPSA) is 72.8 Å². The van der Waals surface area contributed by atoms with Crippen molar-refractivity contribution in [1.29, 1.82) is 0 Å². The Morgan fingerprint density at radius 2 is 1.75 bits per heavy atom. The molecule has 0 saturated heterocycles. The number of aryl methyl sites for hydroxylation is 1. The molecule has 2 aromatic heterocycles. The fourth-order valence-corrected chi connectivity index (χ4v) is 5.80. The SMILES string of the molecule is Cc1ccc(NCCN(C)CCNc2ccnc3cc(Cl)ccc23)c2c(=NO)c3ccccc3sc12. The Bertz CT molecular complexity index is 1620. The maximum atomic E-state index is 9.91. The summed E-state index contributed by atoms with van der Waals surface area (Å²) in [7, 11) is 2.12. The first kappa shape index (κ1) is 24.3. The van der Waals surface area contributed by atoms with Crippen LogP contribution in [0.25, 0.3) is 31.1 Å². The van der Waals surface area contributed by atoms with E-state index in [0.717, 1.165) is 68.6 Å². The number of aromatic nitrogens is 1. The second-order valence-electron chi connectivity index (χ2n) is 8.86. The largest absolute Gasteiger partial charge is 0.410 e. The third-order valence-corrected chi connectivity index (χ3v) is 7.91. The molecule has 3 aromatic carbocycles. The van der Waals surface area contributed by atoms with Gasteiger partial charge in [0.2, 0.25) is 0 Å². The lowest BCUT2D eigenvalue weighted by atomic mass is 10.1. The van der Waals surface area contributed by atoms with E-state index in [9.17, 15) is 5.21 Å². The average molecular weight is 518 g/mol. The van der Waals surface area contributed by atoms with Gasteiger partial charge >= 0.3 is 0 Å². The molecule has 0 aliphatic carbocycles. The van der Waals surface area contributed by atoms with Crippen LogP contribution in [0, 0.1) is 6.92 Å². The smallest absolute Gasteiger partial charge is 0.122 e. The second kappa shape index (κ2) is 10.7. The first-order valence-electron chi connectivity index (χ1n) is 11.9. The van der Waals surface area contributed by atoms with E-state index in [2.05, 4.69) is 57.8 Å². The van der Waals surface area contributed by atoms with Crippen molar-refractivity contribution in [2.75, 3.05) is 43.9 Å². The highest BCUT2D eigenvalue weighted by molar-refractivity contribution is 7.24. The maximum absolute atomic E-state index is 9.91. The van der Waals surface area contributed by atoms with Crippen LogP contribution in [0.3, 0.4) is 0 Å². The van der Waals surface area contributed by atoms with Gasteiger partial charge in [-0.25, -0.2) is 0 Å². The molecule has 0 saturated carbocycles. The van der Waals surface area contributed by atoms with Crippen molar-refractivity contribution in [3.63, 3.8) is 0 Å². The molecule has 0 aliphatic heterocycles. The molecule has 5 rings (SSSR count). The minimum Gasteiger partial charge on any atom is -0.410 e. The normalized spacial score (nSPS) is 12.2. The summed E-state index contributed by atoms with van der Waals surface area (Å²) in [4.78, 5) is 6.69. The predicted octanol–water partition coefficient (Wildman–Crippen LogP) is 6.31. The first-order valence-corrected chi connectivity index (χ1v) is 13.1. The summed E-state index contributed by atoms with van der Waals surface area (Å²) in [5.74, 6) is 0. The number of pyridine rings is 1. The van der Waals surface area contributed by atoms with E-state index in [1.807, 2.05) is 42.5 Å². The summed E-state index contributed by atoms with van der Waals surface area (Å²) in [5, 5.41) is 25.0. The molecule has 0 atom stereocenters. The maximum Gasteiger partial charge on any atom is 0.122 e. The predicted molar refractivity (Wildman–Crippen MR) is 153 cm³/mol. The van der Waals surface area contributed by atoms with Gasteiger partial charge in [-0.15, -0.1) is 11.3 Å². The van der Waals surface area contributed by atoms with Crippen molar-refractivity contribution in [1.82, 2.24) is 9.88 Å². The highest BCUT2D eigenvalue weighted by Crippen LogP contribution is 2.31. The van der Waals surface area contributed by atoms with Gasteiger partial charge in [-0.3, -0.25) is 4.98 Å². The molecule has 184 valence electrons. The van der Waals surface area contributed by atoms with Crippen molar-refractivity contribution in [2.24, 2.45) is 5.16 Å². The number of hydrogen-bond acceptors (Lipinski definition) is 7. The van der Waals surface area contributed by atoms with Crippen molar-refractivity contribution in [3.8, 4) is 0 Å². The van der Waals surface area contributed by atoms with Gasteiger partial charge in [0, 0.05) is 74.3 Å². The van der Waals surface area contributed by atoms with E-state index in [-0.39, 0.29) is 0 Å². The summed E-state index contributed by atoms with van der Waals surface area (Å²) in [6.45, 7) is 5.44. The van der Waals surface area contributed by atoms with Crippen LogP contribution in [0.4, 0.5) is 11.4 Å². The Labute approximate surface area is 218 Å². The summed E-state index contributed by atoms with van der Waals surface area (Å²) < 4.78 is 2.24. The molecule has 2 heterocycles. The van der Waals surface area contributed by atoms with Crippen molar-refractivity contribution in [3.05, 3.63) is 82.8 Å². The lowest BCUT2D eigenvalue weighted by molar-refractivity contribution is 0.304. The van der Waals surface area contributed by atoms with Crippen LogP contribution >= 0.6 is 22.9 Å². The van der Waals surface area contributed by atoms with Gasteiger partial charge in [0.15, 0.2) is 0 Å². The molecule has 0 aliphatic rings. The van der Waals surface area contributed by atoms with E-state index < -0.39 is 0 Å². The number of benzene rings is 3. The van der Waals surface area contributed by atoms with Crippen LogP contribution in [0.1, 0.15) is 5.56 Å². The molecule has 0 radical (unpaired) electrons. The number of nitrogens with one attached hydrogen (secondary N) is 2. The standard InChI is InChI=1S/C28H28ClN5OS/c1-18-7-10-23(26-27(33-35)21-5-3-4-6-25(21)36-28(18)26)32-14-16-34(2)15-13-31-22-11-12-30-24-17-19(29)8-9-20(22)24/h3-12,17,32,35H,13-16H2,1-2H3,(H,30,31). The molecule has 36 heavy (non-hydrogen) atoms. The molecule has 8 heteroatoms. The van der Waals surface area contributed by atoms with Crippen LogP contribution < -0.4 is 16.0 Å². The molecule has 0 fully saturated rings. The minimum atomic E-state index is 0.619. The quantitative estimate of drug-likeness (QED) is 0.128. The molecule has 0 unspecified atom stereocenters. The van der Waals surface area contributed by atoms with Crippen molar-refractivity contribution >= 4 is 65.4 Å². The van der Waals surface area contributed by atoms with Gasteiger partial charge < -0.3 is 20.7 Å². The molecule has 5 aromatic rings. The third-order valence-electron chi connectivity index (χ3n) is 6.37. The van der Waals surface area contributed by atoms with E-state index in [0.29, 0.717) is 10.4 Å². The zero-order chi connectivity index (χ0) is 25.1. The number of likely N-dealkylation sites (N-methyl/N-ethyl adjacent to an activating group) is 1. The fourth-order valence-electron chi connectivity index (χ4n) is 4.45. The number of halogens is 1. The van der Waals surface area contributed by atoms with Crippen LogP contribution in [0.2, 0.25) is 5.02 Å². The summed E-state index contributed by atoms with van der Waals surface area (Å²) >= 11 is 7.83. The molecule has 0 amide bonds. The van der Waals surface area contributed by atoms with Crippen molar-refractivity contribution < 1.29 is 5.21 Å². The van der Waals surface area contributed by atoms with E-state index in [4.69, 9.17) is 11.6 Å². The number of fused-ring (bicyclic) bond motifs is 3. The van der Waals surface area contributed by atoms with Crippen LogP contribution in [-0.2, 0) is 0 Å². The number of hydrogen-bond donors (Lipinski definition) is 3. The van der Waals surface area contributed by atoms with Crippen molar-refractivity contribution in [2.45, 2.75) is 6.92 Å². The van der Waals surface area contributed by atoms with Gasteiger partial charge in [0.25, 0.3) is 0 Å². The van der Waals surface area contributed by atoms with E-state index >= 15 is 0 Å². The zero-order valence-electron chi connectivity index (χ0n) is 20.3. The minimum absolute atomic E-state index is 0.619. The Morgan fingerprint density at radius 3 is 2.56 bits per heavy atom. The average Bonchev–Trinajstić information content (AvgIpc) is 2.89. The Morgan fingerprint density at radius 1 is 0.972 bits per heavy atom. The van der Waals surface area contributed by atoms with Gasteiger partial charge in [0.1, 0.15) is 5.36 Å². The van der Waals surface area contributed by atoms with E-state index in [1.165, 1.54) is 5.56 Å². The number of rotatable bonds is 8. The van der Waals surface area contributed by atoms with Gasteiger partial charge in [-0.1, -0.05) is 41.0 Å². The van der Waals surface area contributed by atoms with Crippen LogP contribution in [0.15, 0.2) is 72.0 Å². The van der Waals surface area contributed by atoms with Gasteiger partial charge in [-0.2, -0.15) is 0 Å². The van der Waals surface area contributed by atoms with E-state index in [1.54, 1.807) is 17.5 Å². The van der Waals surface area contributed by atoms with Crippen LogP contribution in [0.5, 0.6) is 0 Å². The fraction of sp³-hybridized carbons (Fsp3) is 0.214. The summed E-state index contributed by atoms with van der Waals surface area (Å²) in [6.07, 6.45) is 1.80. The highest BCUT2D eigenvalue weighted by atomic mass is 35.5. The zero-order valence-corrected chi connectivity index (χ0v) is 21.8. The second-order valence-corrected chi connectivity index (χ2v) is 10.3. The third kappa shape index (κ3) is 4.95. The first-order chi connectivity index (χ1) is 17.5. The number of nitrogens with zero attached hydrogens (tertiary/aromatic N) is 3. The lowest BCUT2D eigenvalue weighted by Crippen LogP contribution is -2.30. The molecule has 0 bridgehead atoms. The molecular weight excluding hydrogens is 490 g/mol. The number of anilines is 2. The highest BCUT2D eigenvalue weighted by Gasteiger charge is 2.11. The summed E-state index contributed by atoms with van der Waals surface area (Å²) in [6, 6.07) is 20.0. The molecule has 3 N–H and O–H groups in total. The van der Waals surface area contributed by atoms with Crippen LogP contribution in [-0.4, -0.2) is 48.3 Å². The summed E-state index contributed by atoms with van der Waals surface area (Å²) in [5.41, 5.74) is 4.10. The Kier molecular flexibility index (Phi) is 7.23. The molecule has 6 nitrogen and oxygen atoms in total. The van der Waals surface area contributed by atoms with Gasteiger partial charge in [0.05, 0.1) is 5.52 Å².